The first-order valence-corrected chi connectivity index (χ1v) is 45.3. The van der Waals surface area contributed by atoms with Gasteiger partial charge >= 0.3 is 0 Å². The van der Waals surface area contributed by atoms with Gasteiger partial charge in [-0.1, -0.05) is 328 Å². The second-order valence-corrected chi connectivity index (χ2v) is 34.4. The van der Waals surface area contributed by atoms with Crippen LogP contribution in [0.4, 0.5) is 51.2 Å². The lowest BCUT2D eigenvalue weighted by Crippen LogP contribution is -2.17. The van der Waals surface area contributed by atoms with Gasteiger partial charge in [-0.2, -0.15) is 0 Å². The average molecular weight is 1680 g/mol. The molecule has 3 heterocycles. The second-order valence-electron chi connectivity index (χ2n) is 34.4. The van der Waals surface area contributed by atoms with Crippen molar-refractivity contribution >= 4 is 149 Å². The summed E-state index contributed by atoms with van der Waals surface area (Å²) in [5.74, 6) is 0. The summed E-state index contributed by atoms with van der Waals surface area (Å²) in [6.07, 6.45) is 0. The predicted molar refractivity (Wildman–Crippen MR) is 559 cm³/mol. The van der Waals surface area contributed by atoms with Crippen molar-refractivity contribution in [2.75, 3.05) is 14.7 Å². The van der Waals surface area contributed by atoms with Crippen LogP contribution in [-0.2, 0) is 0 Å². The summed E-state index contributed by atoms with van der Waals surface area (Å²) in [5.41, 5.74) is 32.9. The first-order valence-electron chi connectivity index (χ1n) is 45.3. The Balaban J connectivity index is 0.720. The van der Waals surface area contributed by atoms with E-state index in [2.05, 4.69) is 538 Å². The first kappa shape index (κ1) is 76.8. The molecule has 0 saturated heterocycles. The van der Waals surface area contributed by atoms with Crippen LogP contribution in [-0.4, -0.2) is 13.7 Å². The van der Waals surface area contributed by atoms with Crippen LogP contribution < -0.4 is 14.7 Å². The van der Waals surface area contributed by atoms with Crippen molar-refractivity contribution in [1.82, 2.24) is 13.7 Å². The minimum atomic E-state index is 0.944. The Kier molecular flexibility index (Phi) is 18.8. The second kappa shape index (κ2) is 32.4. The Labute approximate surface area is 765 Å². The van der Waals surface area contributed by atoms with Crippen LogP contribution in [0.15, 0.2) is 510 Å². The van der Waals surface area contributed by atoms with Gasteiger partial charge in [0.2, 0.25) is 0 Å². The molecule has 618 valence electrons. The van der Waals surface area contributed by atoms with E-state index in [1.165, 1.54) is 99.1 Å². The summed E-state index contributed by atoms with van der Waals surface area (Å²) in [4.78, 5) is 7.50. The predicted octanol–water partition coefficient (Wildman–Crippen LogP) is 34.8. The van der Waals surface area contributed by atoms with Gasteiger partial charge < -0.3 is 28.4 Å². The fraction of sp³-hybridized carbons (Fsp3) is 0. The number of fused-ring (bicyclic) bond motifs is 12. The Hall–Kier alpha value is -17.6. The smallest absolute Gasteiger partial charge is 0.0541 e. The third kappa shape index (κ3) is 13.5. The maximum absolute atomic E-state index is 2.50. The van der Waals surface area contributed by atoms with Gasteiger partial charge in [0.15, 0.2) is 0 Å². The Morgan fingerprint density at radius 1 is 0.121 bits per heavy atom. The third-order valence-electron chi connectivity index (χ3n) is 26.7. The average Bonchev–Trinajstić information content (AvgIpc) is 1.53. The zero-order valence-electron chi connectivity index (χ0n) is 72.2. The normalized spacial score (nSPS) is 11.6. The highest BCUT2D eigenvalue weighted by atomic mass is 15.2. The molecule has 0 radical (unpaired) electrons. The van der Waals surface area contributed by atoms with Gasteiger partial charge in [0.25, 0.3) is 0 Å². The Morgan fingerprint density at radius 2 is 0.311 bits per heavy atom. The van der Waals surface area contributed by atoms with Gasteiger partial charge in [-0.15, -0.1) is 0 Å². The lowest BCUT2D eigenvalue weighted by molar-refractivity contribution is 1.17. The number of benzene rings is 22. The molecule has 3 aromatic heterocycles. The van der Waals surface area contributed by atoms with E-state index in [9.17, 15) is 0 Å². The van der Waals surface area contributed by atoms with Crippen LogP contribution in [0.3, 0.4) is 0 Å². The molecule has 25 aromatic rings. The van der Waals surface area contributed by atoms with Crippen molar-refractivity contribution < 1.29 is 0 Å². The molecule has 0 aliphatic carbocycles. The van der Waals surface area contributed by atoms with Crippen LogP contribution in [0.1, 0.15) is 0 Å². The minimum Gasteiger partial charge on any atom is -0.310 e. The van der Waals surface area contributed by atoms with Crippen molar-refractivity contribution in [3.05, 3.63) is 510 Å². The molecule has 6 nitrogen and oxygen atoms in total. The molecule has 0 amide bonds. The van der Waals surface area contributed by atoms with Crippen LogP contribution >= 0.6 is 0 Å². The van der Waals surface area contributed by atoms with Gasteiger partial charge in [0.1, 0.15) is 0 Å². The monoisotopic (exact) mass is 1680 g/mol. The fourth-order valence-corrected chi connectivity index (χ4v) is 20.5. The fourth-order valence-electron chi connectivity index (χ4n) is 20.5. The lowest BCUT2D eigenvalue weighted by atomic mass is 10.0. The number of hydrogen-bond donors (Lipinski definition) is 0. The molecule has 0 fully saturated rings. The van der Waals surface area contributed by atoms with Crippen molar-refractivity contribution in [3.8, 4) is 83.8 Å². The molecule has 132 heavy (non-hydrogen) atoms. The maximum atomic E-state index is 2.50. The zero-order chi connectivity index (χ0) is 87.1. The molecule has 22 aromatic carbocycles. The van der Waals surface area contributed by atoms with Crippen molar-refractivity contribution in [2.45, 2.75) is 0 Å². The molecular weight excluding hydrogens is 1600 g/mol. The molecule has 0 unspecified atom stereocenters. The molecule has 0 bridgehead atoms. The van der Waals surface area contributed by atoms with Gasteiger partial charge in [-0.25, -0.2) is 0 Å². The molecule has 6 heteroatoms. The molecule has 25 rings (SSSR count). The highest BCUT2D eigenvalue weighted by molar-refractivity contribution is 6.16. The van der Waals surface area contributed by atoms with Crippen LogP contribution in [0.5, 0.6) is 0 Å². The van der Waals surface area contributed by atoms with Crippen LogP contribution in [0.25, 0.3) is 182 Å². The highest BCUT2D eigenvalue weighted by Gasteiger charge is 2.28. The van der Waals surface area contributed by atoms with Crippen molar-refractivity contribution in [2.24, 2.45) is 0 Å². The van der Waals surface area contributed by atoms with E-state index in [0.717, 1.165) is 134 Å². The maximum Gasteiger partial charge on any atom is 0.0541 e. The zero-order valence-corrected chi connectivity index (χ0v) is 72.2. The van der Waals surface area contributed by atoms with Gasteiger partial charge in [-0.05, 0) is 265 Å². The third-order valence-corrected chi connectivity index (χ3v) is 26.7. The molecule has 0 N–H and O–H groups in total. The summed E-state index contributed by atoms with van der Waals surface area (Å²) in [5, 5.41) is 13.9. The standard InChI is InChI=1S/C126H84N6/c1-7-28-85(29-8-1)94-52-70-121-112(76-94)113-77-95(86-30-9-2-10-31-86)53-71-122(113)130(121)103-64-58-100(59-65-103)127(118-49-25-43-91-40-19-22-46-109(91)118)106-82-107(128(119-50-26-44-92-41-20-23-47-110(92)119)101-60-66-104(67-61-101)131-123-72-54-96(87-32-11-3-12-33-87)78-114(123)115-79-97(55-73-124(115)131)88-34-13-4-14-35-88)84-108(83-106)129(120-51-27-45-93-42-21-24-48-111(93)120)102-62-68-105(69-63-102)132-125-74-56-98(89-36-15-5-16-37-89)80-116(125)117-81-99(57-75-126(117)132)90-38-17-6-18-39-90/h1-84H. The molecular formula is C126H84N6. The van der Waals surface area contributed by atoms with Gasteiger partial charge in [0.05, 0.1) is 67.2 Å². The summed E-state index contributed by atoms with van der Waals surface area (Å²) >= 11 is 0. The minimum absolute atomic E-state index is 0.944. The number of rotatable bonds is 18. The molecule has 0 atom stereocenters. The van der Waals surface area contributed by atoms with E-state index >= 15 is 0 Å². The lowest BCUT2D eigenvalue weighted by Gasteiger charge is -2.34. The van der Waals surface area contributed by atoms with E-state index in [1.807, 2.05) is 0 Å². The van der Waals surface area contributed by atoms with E-state index in [0.29, 0.717) is 0 Å². The van der Waals surface area contributed by atoms with Crippen LogP contribution in [0, 0.1) is 0 Å². The number of aromatic nitrogens is 3. The first-order chi connectivity index (χ1) is 65.4. The van der Waals surface area contributed by atoms with Crippen molar-refractivity contribution in [1.29, 1.82) is 0 Å². The molecule has 0 aliphatic rings. The largest absolute Gasteiger partial charge is 0.310 e. The topological polar surface area (TPSA) is 24.5 Å². The van der Waals surface area contributed by atoms with Crippen LogP contribution in [0.2, 0.25) is 0 Å². The highest BCUT2D eigenvalue weighted by Crippen LogP contribution is 2.52. The SMILES string of the molecule is c1ccc(-c2ccc3c(c2)c2cc(-c4ccccc4)ccc2n3-c2ccc(N(c3cc(N(c4ccc(-n5c6ccc(-c7ccccc7)cc6c6cc(-c7ccccc7)ccc65)cc4)c4cccc5ccccc45)cc(N(c4ccc(-n5c6ccc(-c7ccccc7)cc6c6cc(-c7ccccc7)ccc65)cc4)c4cccc5ccccc45)c3)c3cccc4ccccc34)cc2)cc1. The van der Waals surface area contributed by atoms with Crippen molar-refractivity contribution in [3.63, 3.8) is 0 Å². The Bertz CT molecular complexity index is 7600. The molecule has 0 spiro atoms. The number of nitrogens with zero attached hydrogens (tertiary/aromatic N) is 6. The van der Waals surface area contributed by atoms with E-state index in [1.54, 1.807) is 0 Å². The number of hydrogen-bond acceptors (Lipinski definition) is 3. The van der Waals surface area contributed by atoms with Gasteiger partial charge in [0, 0.05) is 82.6 Å². The van der Waals surface area contributed by atoms with E-state index in [4.69, 9.17) is 0 Å². The molecule has 0 saturated carbocycles. The summed E-state index contributed by atoms with van der Waals surface area (Å²) < 4.78 is 7.36. The van der Waals surface area contributed by atoms with E-state index < -0.39 is 0 Å². The summed E-state index contributed by atoms with van der Waals surface area (Å²) in [7, 11) is 0. The van der Waals surface area contributed by atoms with Gasteiger partial charge in [-0.3, -0.25) is 0 Å². The Morgan fingerprint density at radius 3 is 0.523 bits per heavy atom. The van der Waals surface area contributed by atoms with E-state index in [-0.39, 0.29) is 0 Å². The summed E-state index contributed by atoms with van der Waals surface area (Å²) in [6.45, 7) is 0. The summed E-state index contributed by atoms with van der Waals surface area (Å²) in [6, 6.07) is 188. The quantitative estimate of drug-likeness (QED) is 0.0856. The number of anilines is 9. The molecule has 0 aliphatic heterocycles.